The van der Waals surface area contributed by atoms with Crippen molar-refractivity contribution in [2.45, 2.75) is 32.2 Å². The van der Waals surface area contributed by atoms with Gasteiger partial charge < -0.3 is 20.5 Å². The highest BCUT2D eigenvalue weighted by Crippen LogP contribution is 2.26. The number of carbonyl (C=O) groups is 2. The van der Waals surface area contributed by atoms with Gasteiger partial charge in [-0.2, -0.15) is 0 Å². The number of aromatic nitrogens is 1. The number of nitrogens with zero attached hydrogens (tertiary/aromatic N) is 2. The van der Waals surface area contributed by atoms with Crippen molar-refractivity contribution in [2.75, 3.05) is 23.3 Å². The molecule has 2 amide bonds. The summed E-state index contributed by atoms with van der Waals surface area (Å²) in [4.78, 5) is 40.9. The Morgan fingerprint density at radius 2 is 1.91 bits per heavy atom. The van der Waals surface area contributed by atoms with Crippen molar-refractivity contribution in [1.29, 1.82) is 0 Å². The van der Waals surface area contributed by atoms with Crippen LogP contribution in [-0.2, 0) is 4.79 Å². The molecule has 2 heterocycles. The summed E-state index contributed by atoms with van der Waals surface area (Å²) in [7, 11) is 0. The van der Waals surface area contributed by atoms with Crippen LogP contribution in [0, 0.1) is 10.1 Å². The summed E-state index contributed by atoms with van der Waals surface area (Å²) < 4.78 is 0. The number of nitro groups is 1. The topological polar surface area (TPSA) is 120 Å². The Hall–Kier alpha value is -3.88. The van der Waals surface area contributed by atoms with E-state index in [-0.39, 0.29) is 23.7 Å². The van der Waals surface area contributed by atoms with E-state index in [4.69, 9.17) is 0 Å². The van der Waals surface area contributed by atoms with Gasteiger partial charge in [0.2, 0.25) is 5.91 Å². The smallest absolute Gasteiger partial charge is 0.293 e. The third-order valence-corrected chi connectivity index (χ3v) is 5.55. The number of para-hydroxylation sites is 1. The van der Waals surface area contributed by atoms with Gasteiger partial charge in [0.05, 0.1) is 4.92 Å². The van der Waals surface area contributed by atoms with Crippen molar-refractivity contribution in [3.05, 3.63) is 64.3 Å². The van der Waals surface area contributed by atoms with Gasteiger partial charge in [0.15, 0.2) is 0 Å². The van der Waals surface area contributed by atoms with E-state index in [1.54, 1.807) is 25.1 Å². The molecule has 166 valence electrons. The number of anilines is 2. The van der Waals surface area contributed by atoms with E-state index in [0.29, 0.717) is 10.9 Å². The Bertz CT molecular complexity index is 1170. The molecule has 0 spiro atoms. The predicted molar refractivity (Wildman–Crippen MR) is 123 cm³/mol. The molecular formula is C23H25N5O4. The number of H-pyrrole nitrogens is 1. The zero-order valence-electron chi connectivity index (χ0n) is 17.8. The number of aromatic amines is 1. The number of nitro benzene ring substituents is 1. The van der Waals surface area contributed by atoms with Gasteiger partial charge in [-0.25, -0.2) is 0 Å². The van der Waals surface area contributed by atoms with Crippen molar-refractivity contribution < 1.29 is 14.5 Å². The summed E-state index contributed by atoms with van der Waals surface area (Å²) in [5.41, 5.74) is 2.23. The Kier molecular flexibility index (Phi) is 6.07. The molecule has 9 nitrogen and oxygen atoms in total. The molecule has 1 saturated heterocycles. The van der Waals surface area contributed by atoms with E-state index in [2.05, 4.69) is 20.5 Å². The van der Waals surface area contributed by atoms with Crippen molar-refractivity contribution >= 4 is 39.8 Å². The number of hydrogen-bond donors (Lipinski definition) is 3. The van der Waals surface area contributed by atoms with Crippen LogP contribution in [0.4, 0.5) is 17.1 Å². The number of hydrogen-bond acceptors (Lipinski definition) is 5. The molecule has 3 N–H and O–H groups in total. The number of amides is 2. The van der Waals surface area contributed by atoms with Gasteiger partial charge in [-0.15, -0.1) is 0 Å². The fraction of sp³-hybridized carbons (Fsp3) is 0.304. The van der Waals surface area contributed by atoms with Gasteiger partial charge >= 0.3 is 0 Å². The summed E-state index contributed by atoms with van der Waals surface area (Å²) in [6.45, 7) is 3.79. The monoisotopic (exact) mass is 435 g/mol. The van der Waals surface area contributed by atoms with Crippen LogP contribution in [0.2, 0.25) is 0 Å². The van der Waals surface area contributed by atoms with E-state index in [0.717, 1.165) is 24.5 Å². The fourth-order valence-electron chi connectivity index (χ4n) is 4.01. The van der Waals surface area contributed by atoms with Crippen LogP contribution in [0.25, 0.3) is 10.9 Å². The molecule has 0 saturated carbocycles. The van der Waals surface area contributed by atoms with E-state index < -0.39 is 16.9 Å². The van der Waals surface area contributed by atoms with E-state index >= 15 is 0 Å². The van der Waals surface area contributed by atoms with E-state index in [1.807, 2.05) is 24.3 Å². The van der Waals surface area contributed by atoms with E-state index in [9.17, 15) is 19.7 Å². The SMILES string of the molecule is CC(CC(=O)Nc1cccc(N2CCCC2)c1)NC(=O)c1cc2cccc([N+](=O)[O-])c2[nH]1. The zero-order valence-corrected chi connectivity index (χ0v) is 17.8. The molecule has 1 fully saturated rings. The maximum Gasteiger partial charge on any atom is 0.293 e. The van der Waals surface area contributed by atoms with Gasteiger partial charge in [-0.3, -0.25) is 19.7 Å². The summed E-state index contributed by atoms with van der Waals surface area (Å²) in [6.07, 6.45) is 2.45. The van der Waals surface area contributed by atoms with E-state index in [1.165, 1.54) is 18.9 Å². The van der Waals surface area contributed by atoms with Crippen LogP contribution < -0.4 is 15.5 Å². The average Bonchev–Trinajstić information content (AvgIpc) is 3.43. The first-order valence-electron chi connectivity index (χ1n) is 10.6. The molecule has 1 aliphatic rings. The average molecular weight is 435 g/mol. The molecule has 32 heavy (non-hydrogen) atoms. The summed E-state index contributed by atoms with van der Waals surface area (Å²) >= 11 is 0. The normalized spacial score (nSPS) is 14.3. The second-order valence-electron chi connectivity index (χ2n) is 8.05. The van der Waals surface area contributed by atoms with Gasteiger partial charge in [0.1, 0.15) is 11.2 Å². The lowest BCUT2D eigenvalue weighted by Gasteiger charge is -2.19. The first-order chi connectivity index (χ1) is 15.4. The molecule has 1 unspecified atom stereocenters. The number of nitrogens with one attached hydrogen (secondary N) is 3. The van der Waals surface area contributed by atoms with Gasteiger partial charge in [-0.1, -0.05) is 18.2 Å². The molecule has 1 aliphatic heterocycles. The second kappa shape index (κ2) is 9.09. The number of rotatable bonds is 7. The fourth-order valence-corrected chi connectivity index (χ4v) is 4.01. The summed E-state index contributed by atoms with van der Waals surface area (Å²) in [6, 6.07) is 13.6. The lowest BCUT2D eigenvalue weighted by molar-refractivity contribution is -0.383. The first kappa shape index (κ1) is 21.4. The molecule has 2 aromatic carbocycles. The first-order valence-corrected chi connectivity index (χ1v) is 10.6. The van der Waals surface area contributed by atoms with Gasteiger partial charge in [0, 0.05) is 48.4 Å². The number of carbonyl (C=O) groups excluding carboxylic acids is 2. The molecular weight excluding hydrogens is 410 g/mol. The molecule has 4 rings (SSSR count). The maximum atomic E-state index is 12.6. The third kappa shape index (κ3) is 4.72. The van der Waals surface area contributed by atoms with Gasteiger partial charge in [-0.05, 0) is 44.0 Å². The Morgan fingerprint density at radius 3 is 2.66 bits per heavy atom. The van der Waals surface area contributed by atoms with Crippen LogP contribution in [0.1, 0.15) is 36.7 Å². The van der Waals surface area contributed by atoms with Crippen LogP contribution in [-0.4, -0.2) is 40.9 Å². The maximum absolute atomic E-state index is 12.6. The number of fused-ring (bicyclic) bond motifs is 1. The summed E-state index contributed by atoms with van der Waals surface area (Å²) in [5.74, 6) is -0.629. The highest BCUT2D eigenvalue weighted by atomic mass is 16.6. The molecule has 0 radical (unpaired) electrons. The van der Waals surface area contributed by atoms with Crippen molar-refractivity contribution in [3.8, 4) is 0 Å². The quantitative estimate of drug-likeness (QED) is 0.385. The minimum atomic E-state index is -0.494. The van der Waals surface area contributed by atoms with Crippen molar-refractivity contribution in [3.63, 3.8) is 0 Å². The standard InChI is InChI=1S/C23H25N5O4/c1-15(12-21(29)25-17-7-5-8-18(14-17)27-10-2-3-11-27)24-23(30)19-13-16-6-4-9-20(28(31)32)22(16)26-19/h4-9,13-15,26H,2-3,10-12H2,1H3,(H,24,30)(H,25,29). The predicted octanol–water partition coefficient (Wildman–Crippen LogP) is 3.82. The molecule has 0 bridgehead atoms. The zero-order chi connectivity index (χ0) is 22.7. The third-order valence-electron chi connectivity index (χ3n) is 5.55. The van der Waals surface area contributed by atoms with Crippen LogP contribution in [0.15, 0.2) is 48.5 Å². The number of non-ortho nitro benzene ring substituents is 1. The molecule has 9 heteroatoms. The highest BCUT2D eigenvalue weighted by Gasteiger charge is 2.19. The Labute approximate surface area is 184 Å². The molecule has 1 aromatic heterocycles. The molecule has 1 atom stereocenters. The second-order valence-corrected chi connectivity index (χ2v) is 8.05. The Morgan fingerprint density at radius 1 is 1.16 bits per heavy atom. The minimum Gasteiger partial charge on any atom is -0.371 e. The summed E-state index contributed by atoms with van der Waals surface area (Å²) in [5, 5.41) is 17.4. The molecule has 0 aliphatic carbocycles. The Balaban J connectivity index is 1.36. The van der Waals surface area contributed by atoms with Crippen LogP contribution in [0.3, 0.4) is 0 Å². The lowest BCUT2D eigenvalue weighted by atomic mass is 10.2. The number of benzene rings is 2. The lowest BCUT2D eigenvalue weighted by Crippen LogP contribution is -2.35. The van der Waals surface area contributed by atoms with Gasteiger partial charge in [0.25, 0.3) is 11.6 Å². The van der Waals surface area contributed by atoms with Crippen LogP contribution >= 0.6 is 0 Å². The van der Waals surface area contributed by atoms with Crippen molar-refractivity contribution in [1.82, 2.24) is 10.3 Å². The van der Waals surface area contributed by atoms with Crippen molar-refractivity contribution in [2.24, 2.45) is 0 Å². The van der Waals surface area contributed by atoms with Crippen LogP contribution in [0.5, 0.6) is 0 Å². The highest BCUT2D eigenvalue weighted by molar-refractivity contribution is 6.00. The molecule has 3 aromatic rings. The largest absolute Gasteiger partial charge is 0.371 e. The minimum absolute atomic E-state index is 0.0925.